The number of carbonyl (C=O) groups excluding carboxylic acids is 1. The predicted molar refractivity (Wildman–Crippen MR) is 92.9 cm³/mol. The zero-order valence-electron chi connectivity index (χ0n) is 14.8. The Bertz CT molecular complexity index is 746. The lowest BCUT2D eigenvalue weighted by Gasteiger charge is -2.12. The van der Waals surface area contributed by atoms with Crippen LogP contribution in [0.25, 0.3) is 0 Å². The lowest BCUT2D eigenvalue weighted by molar-refractivity contribution is 0.0950. The van der Waals surface area contributed by atoms with Crippen molar-refractivity contribution in [3.63, 3.8) is 0 Å². The lowest BCUT2D eigenvalue weighted by atomic mass is 10.1. The summed E-state index contributed by atoms with van der Waals surface area (Å²) in [6.07, 6.45) is -0.106. The quantitative estimate of drug-likeness (QED) is 0.832. The molecule has 0 radical (unpaired) electrons. The Labute approximate surface area is 146 Å². The first-order valence-electron chi connectivity index (χ1n) is 7.90. The molecule has 0 bridgehead atoms. The van der Waals surface area contributed by atoms with Gasteiger partial charge in [0.2, 0.25) is 0 Å². The molecule has 0 aliphatic rings. The molecule has 2 aromatic carbocycles. The highest BCUT2D eigenvalue weighted by molar-refractivity contribution is 5.94. The van der Waals surface area contributed by atoms with Crippen LogP contribution < -0.4 is 19.5 Å². The van der Waals surface area contributed by atoms with Crippen molar-refractivity contribution in [2.45, 2.75) is 26.5 Å². The number of nitrogens with one attached hydrogen (secondary N) is 1. The van der Waals surface area contributed by atoms with Gasteiger partial charge in [0.25, 0.3) is 5.91 Å². The number of ether oxygens (including phenoxy) is 3. The van der Waals surface area contributed by atoms with Gasteiger partial charge in [-0.15, -0.1) is 0 Å². The molecule has 0 unspecified atom stereocenters. The molecule has 0 atom stereocenters. The van der Waals surface area contributed by atoms with Crippen molar-refractivity contribution in [3.8, 4) is 17.2 Å². The first-order valence-corrected chi connectivity index (χ1v) is 7.90. The number of halogens is 1. The van der Waals surface area contributed by atoms with Crippen molar-refractivity contribution in [1.29, 1.82) is 0 Å². The molecule has 0 heterocycles. The van der Waals surface area contributed by atoms with Crippen molar-refractivity contribution in [2.24, 2.45) is 0 Å². The minimum Gasteiger partial charge on any atom is -0.493 e. The standard InChI is InChI=1S/C19H22FNO4/c1-12(2)25-16-7-5-13(9-15(16)20)11-21-19(22)14-6-8-17(23-3)18(10-14)24-4/h5-10,12H,11H2,1-4H3,(H,21,22). The van der Waals surface area contributed by atoms with Crippen molar-refractivity contribution in [3.05, 3.63) is 53.3 Å². The molecule has 1 N–H and O–H groups in total. The lowest BCUT2D eigenvalue weighted by Crippen LogP contribution is -2.23. The molecular weight excluding hydrogens is 325 g/mol. The summed E-state index contributed by atoms with van der Waals surface area (Å²) in [6, 6.07) is 9.52. The molecule has 1 amide bonds. The van der Waals surface area contributed by atoms with Gasteiger partial charge in [0.1, 0.15) is 0 Å². The maximum atomic E-state index is 14.0. The van der Waals surface area contributed by atoms with E-state index in [2.05, 4.69) is 5.32 Å². The zero-order chi connectivity index (χ0) is 18.4. The van der Waals surface area contributed by atoms with Crippen LogP contribution in [0, 0.1) is 5.82 Å². The average Bonchev–Trinajstić information content (AvgIpc) is 2.60. The summed E-state index contributed by atoms with van der Waals surface area (Å²) < 4.78 is 29.6. The summed E-state index contributed by atoms with van der Waals surface area (Å²) in [6.45, 7) is 3.86. The Kier molecular flexibility index (Phi) is 6.22. The maximum absolute atomic E-state index is 14.0. The van der Waals surface area contributed by atoms with Crippen molar-refractivity contribution in [1.82, 2.24) is 5.32 Å². The van der Waals surface area contributed by atoms with Gasteiger partial charge in [-0.3, -0.25) is 4.79 Å². The average molecular weight is 347 g/mol. The molecule has 0 aliphatic carbocycles. The van der Waals surface area contributed by atoms with E-state index in [1.807, 2.05) is 13.8 Å². The van der Waals surface area contributed by atoms with E-state index in [1.54, 1.807) is 30.3 Å². The fraction of sp³-hybridized carbons (Fsp3) is 0.316. The summed E-state index contributed by atoms with van der Waals surface area (Å²) in [4.78, 5) is 12.3. The van der Waals surface area contributed by atoms with Gasteiger partial charge in [-0.25, -0.2) is 4.39 Å². The summed E-state index contributed by atoms with van der Waals surface area (Å²) in [7, 11) is 3.03. The SMILES string of the molecule is COc1ccc(C(=O)NCc2ccc(OC(C)C)c(F)c2)cc1OC. The minimum absolute atomic E-state index is 0.106. The monoisotopic (exact) mass is 347 g/mol. The number of hydrogen-bond donors (Lipinski definition) is 1. The van der Waals surface area contributed by atoms with E-state index in [-0.39, 0.29) is 24.3 Å². The second-order valence-electron chi connectivity index (χ2n) is 5.68. The van der Waals surface area contributed by atoms with Crippen LogP contribution in [0.15, 0.2) is 36.4 Å². The van der Waals surface area contributed by atoms with E-state index in [0.29, 0.717) is 22.6 Å². The van der Waals surface area contributed by atoms with Crippen LogP contribution in [-0.4, -0.2) is 26.2 Å². The number of rotatable bonds is 7. The van der Waals surface area contributed by atoms with E-state index >= 15 is 0 Å². The summed E-state index contributed by atoms with van der Waals surface area (Å²) in [5, 5.41) is 2.75. The van der Waals surface area contributed by atoms with Gasteiger partial charge < -0.3 is 19.5 Å². The topological polar surface area (TPSA) is 56.8 Å². The Hall–Kier alpha value is -2.76. The van der Waals surface area contributed by atoms with Gasteiger partial charge in [0, 0.05) is 12.1 Å². The van der Waals surface area contributed by atoms with Crippen LogP contribution >= 0.6 is 0 Å². The molecule has 0 spiro atoms. The number of hydrogen-bond acceptors (Lipinski definition) is 4. The fourth-order valence-electron chi connectivity index (χ4n) is 2.27. The third-order valence-electron chi connectivity index (χ3n) is 3.46. The van der Waals surface area contributed by atoms with Crippen molar-refractivity contribution in [2.75, 3.05) is 14.2 Å². The molecule has 0 fully saturated rings. The van der Waals surface area contributed by atoms with Crippen LogP contribution in [-0.2, 0) is 6.54 Å². The van der Waals surface area contributed by atoms with E-state index in [9.17, 15) is 9.18 Å². The predicted octanol–water partition coefficient (Wildman–Crippen LogP) is 3.56. The Morgan fingerprint density at radius 1 is 1.04 bits per heavy atom. The molecule has 134 valence electrons. The highest BCUT2D eigenvalue weighted by atomic mass is 19.1. The second kappa shape index (κ2) is 8.37. The Morgan fingerprint density at radius 3 is 2.32 bits per heavy atom. The molecular formula is C19H22FNO4. The van der Waals surface area contributed by atoms with Crippen molar-refractivity contribution < 1.29 is 23.4 Å². The first-order chi connectivity index (χ1) is 11.9. The van der Waals surface area contributed by atoms with Gasteiger partial charge in [-0.1, -0.05) is 6.07 Å². The Morgan fingerprint density at radius 2 is 1.72 bits per heavy atom. The maximum Gasteiger partial charge on any atom is 0.251 e. The largest absolute Gasteiger partial charge is 0.493 e. The molecule has 25 heavy (non-hydrogen) atoms. The number of methoxy groups -OCH3 is 2. The zero-order valence-corrected chi connectivity index (χ0v) is 14.8. The number of amides is 1. The van der Waals surface area contributed by atoms with Crippen LogP contribution in [0.1, 0.15) is 29.8 Å². The first kappa shape index (κ1) is 18.6. The smallest absolute Gasteiger partial charge is 0.251 e. The summed E-state index contributed by atoms with van der Waals surface area (Å²) in [5.74, 6) is 0.471. The van der Waals surface area contributed by atoms with Crippen LogP contribution in [0.4, 0.5) is 4.39 Å². The van der Waals surface area contributed by atoms with Crippen molar-refractivity contribution >= 4 is 5.91 Å². The van der Waals surface area contributed by atoms with Gasteiger partial charge in [0.05, 0.1) is 20.3 Å². The molecule has 0 aliphatic heterocycles. The molecule has 2 rings (SSSR count). The van der Waals surface area contributed by atoms with Gasteiger partial charge in [0.15, 0.2) is 23.1 Å². The van der Waals surface area contributed by atoms with Crippen LogP contribution in [0.5, 0.6) is 17.2 Å². The molecule has 2 aromatic rings. The third kappa shape index (κ3) is 4.86. The third-order valence-corrected chi connectivity index (χ3v) is 3.46. The molecule has 0 saturated heterocycles. The van der Waals surface area contributed by atoms with E-state index in [0.717, 1.165) is 0 Å². The molecule has 0 aromatic heterocycles. The van der Waals surface area contributed by atoms with Gasteiger partial charge in [-0.2, -0.15) is 0 Å². The normalized spacial score (nSPS) is 10.5. The van der Waals surface area contributed by atoms with Gasteiger partial charge in [-0.05, 0) is 49.7 Å². The highest BCUT2D eigenvalue weighted by Gasteiger charge is 2.11. The summed E-state index contributed by atoms with van der Waals surface area (Å²) >= 11 is 0. The van der Waals surface area contributed by atoms with E-state index in [4.69, 9.17) is 14.2 Å². The number of benzene rings is 2. The molecule has 5 nitrogen and oxygen atoms in total. The second-order valence-corrected chi connectivity index (χ2v) is 5.68. The fourth-order valence-corrected chi connectivity index (χ4v) is 2.27. The molecule has 0 saturated carbocycles. The van der Waals surface area contributed by atoms with E-state index < -0.39 is 5.82 Å². The van der Waals surface area contributed by atoms with Gasteiger partial charge >= 0.3 is 0 Å². The van der Waals surface area contributed by atoms with Crippen LogP contribution in [0.2, 0.25) is 0 Å². The number of carbonyl (C=O) groups is 1. The Balaban J connectivity index is 2.03. The van der Waals surface area contributed by atoms with Crippen LogP contribution in [0.3, 0.4) is 0 Å². The highest BCUT2D eigenvalue weighted by Crippen LogP contribution is 2.27. The summed E-state index contributed by atoms with van der Waals surface area (Å²) in [5.41, 5.74) is 1.07. The minimum atomic E-state index is -0.452. The molecule has 6 heteroatoms. The van der Waals surface area contributed by atoms with E-state index in [1.165, 1.54) is 20.3 Å².